The lowest BCUT2D eigenvalue weighted by Gasteiger charge is -2.26. The number of para-hydroxylation sites is 1. The number of hydrogen-bond donors (Lipinski definition) is 4. The van der Waals surface area contributed by atoms with Gasteiger partial charge in [-0.2, -0.15) is 0 Å². The highest BCUT2D eigenvalue weighted by atomic mass is 16.2. The van der Waals surface area contributed by atoms with Gasteiger partial charge < -0.3 is 20.4 Å². The Morgan fingerprint density at radius 2 is 1.64 bits per heavy atom. The maximum atomic E-state index is 12.6. The lowest BCUT2D eigenvalue weighted by Crippen LogP contribution is -3.27. The predicted octanol–water partition coefficient (Wildman–Crippen LogP) is -0.723. The summed E-state index contributed by atoms with van der Waals surface area (Å²) in [5, 5.41) is 5.86. The number of carbonyl (C=O) groups excluding carboxylic acids is 2. The van der Waals surface area contributed by atoms with Crippen LogP contribution in [0.15, 0.2) is 48.5 Å². The third-order valence-corrected chi connectivity index (χ3v) is 5.24. The number of nitrogens with one attached hydrogen (secondary N) is 4. The van der Waals surface area contributed by atoms with E-state index in [1.165, 1.54) is 15.4 Å². The highest BCUT2D eigenvalue weighted by molar-refractivity contribution is 6.03. The van der Waals surface area contributed by atoms with E-state index in [4.69, 9.17) is 0 Å². The first kappa shape index (κ1) is 20.0. The molecule has 0 aliphatic carbocycles. The van der Waals surface area contributed by atoms with E-state index in [-0.39, 0.29) is 11.8 Å². The van der Waals surface area contributed by atoms with Crippen molar-refractivity contribution in [3.8, 4) is 0 Å². The minimum atomic E-state index is -0.188. The first-order chi connectivity index (χ1) is 13.5. The van der Waals surface area contributed by atoms with Gasteiger partial charge in [0.05, 0.1) is 18.3 Å². The summed E-state index contributed by atoms with van der Waals surface area (Å²) in [6, 6.07) is 15.2. The number of benzene rings is 2. The van der Waals surface area contributed by atoms with Gasteiger partial charge in [-0.1, -0.05) is 42.0 Å². The quantitative estimate of drug-likeness (QED) is 0.533. The van der Waals surface area contributed by atoms with E-state index in [1.54, 1.807) is 12.1 Å². The van der Waals surface area contributed by atoms with Crippen molar-refractivity contribution >= 4 is 17.5 Å². The molecule has 0 aromatic heterocycles. The minimum absolute atomic E-state index is 0.0478. The molecular formula is C22H30N4O2+2. The lowest BCUT2D eigenvalue weighted by atomic mass is 10.1. The average molecular weight is 383 g/mol. The zero-order valence-corrected chi connectivity index (χ0v) is 16.7. The Bertz CT molecular complexity index is 812. The van der Waals surface area contributed by atoms with Crippen molar-refractivity contribution < 1.29 is 19.4 Å². The topological polar surface area (TPSA) is 67.1 Å². The summed E-state index contributed by atoms with van der Waals surface area (Å²) in [5.41, 5.74) is 3.28. The van der Waals surface area contributed by atoms with Crippen LogP contribution in [0.25, 0.3) is 0 Å². The number of rotatable bonds is 6. The number of piperazine rings is 1. The van der Waals surface area contributed by atoms with Gasteiger partial charge in [-0.05, 0) is 24.6 Å². The molecule has 0 bridgehead atoms. The van der Waals surface area contributed by atoms with Gasteiger partial charge in [-0.25, -0.2) is 0 Å². The van der Waals surface area contributed by atoms with Crippen LogP contribution in [0, 0.1) is 6.92 Å². The van der Waals surface area contributed by atoms with Crippen molar-refractivity contribution in [2.75, 3.05) is 45.1 Å². The number of carbonyl (C=O) groups is 2. The Kier molecular flexibility index (Phi) is 6.79. The molecule has 3 rings (SSSR count). The zero-order valence-electron chi connectivity index (χ0n) is 16.7. The Balaban J connectivity index is 1.57. The first-order valence-corrected chi connectivity index (χ1v) is 9.89. The van der Waals surface area contributed by atoms with Crippen LogP contribution in [0.5, 0.6) is 0 Å². The normalized spacial score (nSPS) is 19.1. The van der Waals surface area contributed by atoms with Crippen LogP contribution in [0.4, 0.5) is 5.69 Å². The molecule has 1 aliphatic rings. The summed E-state index contributed by atoms with van der Waals surface area (Å²) in [7, 11) is 2.18. The fraction of sp³-hybridized carbons (Fsp3) is 0.364. The Hall–Kier alpha value is -2.70. The summed E-state index contributed by atoms with van der Waals surface area (Å²) in [5.74, 6) is -0.236. The molecule has 4 N–H and O–H groups in total. The molecule has 6 heteroatoms. The second-order valence-electron chi connectivity index (χ2n) is 7.65. The molecule has 6 nitrogen and oxygen atoms in total. The second kappa shape index (κ2) is 9.48. The van der Waals surface area contributed by atoms with Crippen LogP contribution >= 0.6 is 0 Å². The summed E-state index contributed by atoms with van der Waals surface area (Å²) in [6.45, 7) is 7.09. The highest BCUT2D eigenvalue weighted by Gasteiger charge is 2.23. The molecule has 1 aliphatic heterocycles. The van der Waals surface area contributed by atoms with Crippen molar-refractivity contribution in [2.24, 2.45) is 0 Å². The Labute approximate surface area is 166 Å². The van der Waals surface area contributed by atoms with Crippen LogP contribution in [0.3, 0.4) is 0 Å². The van der Waals surface area contributed by atoms with Gasteiger partial charge >= 0.3 is 0 Å². The predicted molar refractivity (Wildman–Crippen MR) is 110 cm³/mol. The third kappa shape index (κ3) is 5.65. The van der Waals surface area contributed by atoms with Gasteiger partial charge in [-0.3, -0.25) is 9.59 Å². The van der Waals surface area contributed by atoms with E-state index < -0.39 is 0 Å². The largest absolute Gasteiger partial charge is 0.348 e. The van der Waals surface area contributed by atoms with Crippen molar-refractivity contribution in [2.45, 2.75) is 13.5 Å². The molecule has 0 saturated carbocycles. The summed E-state index contributed by atoms with van der Waals surface area (Å²) in [4.78, 5) is 27.9. The SMILES string of the molecule is Cc1ccc(CNC(=O)c2ccccc2NC(=O)C[NH+]2CC[NH+](C)CC2)cc1. The van der Waals surface area contributed by atoms with Crippen LogP contribution < -0.4 is 20.4 Å². The van der Waals surface area contributed by atoms with E-state index in [2.05, 4.69) is 17.7 Å². The molecule has 0 atom stereocenters. The summed E-state index contributed by atoms with van der Waals surface area (Å²) >= 11 is 0. The highest BCUT2D eigenvalue weighted by Crippen LogP contribution is 2.15. The number of anilines is 1. The fourth-order valence-electron chi connectivity index (χ4n) is 3.40. The molecular weight excluding hydrogens is 352 g/mol. The number of aryl methyl sites for hydroxylation is 1. The molecule has 0 radical (unpaired) electrons. The Morgan fingerprint density at radius 1 is 0.964 bits per heavy atom. The summed E-state index contributed by atoms with van der Waals surface area (Å²) < 4.78 is 0. The smallest absolute Gasteiger partial charge is 0.279 e. The van der Waals surface area contributed by atoms with Crippen molar-refractivity contribution in [3.63, 3.8) is 0 Å². The maximum Gasteiger partial charge on any atom is 0.279 e. The van der Waals surface area contributed by atoms with Crippen LogP contribution in [-0.4, -0.2) is 51.6 Å². The number of amides is 2. The molecule has 2 amide bonds. The molecule has 148 valence electrons. The monoisotopic (exact) mass is 382 g/mol. The first-order valence-electron chi connectivity index (χ1n) is 9.89. The van der Waals surface area contributed by atoms with Gasteiger partial charge in [0.25, 0.3) is 11.8 Å². The van der Waals surface area contributed by atoms with Crippen LogP contribution in [-0.2, 0) is 11.3 Å². The van der Waals surface area contributed by atoms with Gasteiger partial charge in [-0.15, -0.1) is 0 Å². The van der Waals surface area contributed by atoms with Crippen molar-refractivity contribution in [1.29, 1.82) is 0 Å². The van der Waals surface area contributed by atoms with E-state index in [1.807, 2.05) is 43.3 Å². The van der Waals surface area contributed by atoms with E-state index in [0.29, 0.717) is 24.3 Å². The van der Waals surface area contributed by atoms with Gasteiger partial charge in [0.1, 0.15) is 26.2 Å². The second-order valence-corrected chi connectivity index (χ2v) is 7.65. The standard InChI is InChI=1S/C22H28N4O2/c1-17-7-9-18(10-8-17)15-23-22(28)19-5-3-4-6-20(19)24-21(27)16-26-13-11-25(2)12-14-26/h3-10H,11-16H2,1-2H3,(H,23,28)(H,24,27)/p+2. The van der Waals surface area contributed by atoms with Crippen molar-refractivity contribution in [3.05, 3.63) is 65.2 Å². The lowest BCUT2D eigenvalue weighted by molar-refractivity contribution is -0.999. The van der Waals surface area contributed by atoms with E-state index in [9.17, 15) is 9.59 Å². The van der Waals surface area contributed by atoms with Crippen LogP contribution in [0.2, 0.25) is 0 Å². The fourth-order valence-corrected chi connectivity index (χ4v) is 3.40. The van der Waals surface area contributed by atoms with Crippen LogP contribution in [0.1, 0.15) is 21.5 Å². The average Bonchev–Trinajstić information content (AvgIpc) is 2.69. The van der Waals surface area contributed by atoms with Crippen molar-refractivity contribution in [1.82, 2.24) is 5.32 Å². The summed E-state index contributed by atoms with van der Waals surface area (Å²) in [6.07, 6.45) is 0. The zero-order chi connectivity index (χ0) is 19.9. The molecule has 1 fully saturated rings. The third-order valence-electron chi connectivity index (χ3n) is 5.24. The number of quaternary nitrogens is 2. The molecule has 28 heavy (non-hydrogen) atoms. The van der Waals surface area contributed by atoms with E-state index in [0.717, 1.165) is 31.7 Å². The molecule has 0 unspecified atom stereocenters. The molecule has 2 aromatic carbocycles. The molecule has 0 spiro atoms. The van der Waals surface area contributed by atoms with Gasteiger partial charge in [0.15, 0.2) is 6.54 Å². The maximum absolute atomic E-state index is 12.6. The van der Waals surface area contributed by atoms with Gasteiger partial charge in [0, 0.05) is 6.54 Å². The molecule has 1 heterocycles. The number of hydrogen-bond acceptors (Lipinski definition) is 2. The minimum Gasteiger partial charge on any atom is -0.348 e. The molecule has 1 saturated heterocycles. The van der Waals surface area contributed by atoms with Gasteiger partial charge in [0.2, 0.25) is 0 Å². The Morgan fingerprint density at radius 3 is 2.36 bits per heavy atom. The number of likely N-dealkylation sites (N-methyl/N-ethyl adjacent to an activating group) is 1. The molecule has 2 aromatic rings. The van der Waals surface area contributed by atoms with E-state index >= 15 is 0 Å².